The Balaban J connectivity index is 2.45. The van der Waals surface area contributed by atoms with Gasteiger partial charge >= 0.3 is 5.97 Å². The summed E-state index contributed by atoms with van der Waals surface area (Å²) in [4.78, 5) is 10.4. The van der Waals surface area contributed by atoms with Crippen molar-refractivity contribution in [3.8, 4) is 0 Å². The molecule has 2 aromatic carbocycles. The van der Waals surface area contributed by atoms with Crippen LogP contribution < -0.4 is 4.72 Å². The first-order chi connectivity index (χ1) is 10.2. The van der Waals surface area contributed by atoms with E-state index in [2.05, 4.69) is 0 Å². The normalized spacial score (nSPS) is 11.2. The van der Waals surface area contributed by atoms with Crippen molar-refractivity contribution in [1.29, 1.82) is 0 Å². The van der Waals surface area contributed by atoms with Crippen LogP contribution in [-0.4, -0.2) is 19.5 Å². The van der Waals surface area contributed by atoms with Crippen LogP contribution >= 0.6 is 0 Å². The number of carboxylic acids is 1. The third kappa shape index (κ3) is 3.19. The molecule has 0 aliphatic rings. The number of hydrogen-bond donors (Lipinski definition) is 2. The zero-order valence-electron chi connectivity index (χ0n) is 10.7. The fourth-order valence-electron chi connectivity index (χ4n) is 1.63. The van der Waals surface area contributed by atoms with Crippen LogP contribution in [0.1, 0.15) is 10.4 Å². The predicted octanol–water partition coefficient (Wildman–Crippen LogP) is 2.60. The first-order valence-corrected chi connectivity index (χ1v) is 7.20. The van der Waals surface area contributed by atoms with Crippen LogP contribution in [0.3, 0.4) is 0 Å². The Hall–Kier alpha value is -2.55. The molecule has 0 aliphatic carbocycles. The van der Waals surface area contributed by atoms with Crippen LogP contribution in [0.5, 0.6) is 0 Å². The molecule has 0 atom stereocenters. The highest BCUT2D eigenvalue weighted by Crippen LogP contribution is 2.22. The monoisotopic (exact) mass is 331 g/mol. The second-order valence-corrected chi connectivity index (χ2v) is 5.86. The molecule has 0 amide bonds. The number of sulfonamides is 1. The Kier molecular flexibility index (Phi) is 4.09. The molecule has 2 aromatic rings. The molecule has 116 valence electrons. The maximum absolute atomic E-state index is 13.1. The SMILES string of the molecule is O=C(O)c1cc(F)ccc1NS(=O)(=O)c1ccc(F)c(F)c1. The van der Waals surface area contributed by atoms with E-state index in [9.17, 15) is 26.4 Å². The molecule has 0 saturated carbocycles. The number of aromatic carboxylic acids is 1. The van der Waals surface area contributed by atoms with Gasteiger partial charge in [-0.3, -0.25) is 4.72 Å². The number of benzene rings is 2. The van der Waals surface area contributed by atoms with Gasteiger partial charge < -0.3 is 5.11 Å². The van der Waals surface area contributed by atoms with Crippen molar-refractivity contribution in [3.05, 3.63) is 59.4 Å². The van der Waals surface area contributed by atoms with Gasteiger partial charge in [-0.1, -0.05) is 0 Å². The molecule has 0 saturated heterocycles. The molecule has 0 spiro atoms. The second kappa shape index (κ2) is 5.68. The van der Waals surface area contributed by atoms with Crippen LogP contribution in [0.4, 0.5) is 18.9 Å². The van der Waals surface area contributed by atoms with E-state index in [1.807, 2.05) is 4.72 Å². The summed E-state index contributed by atoms with van der Waals surface area (Å²) in [5, 5.41) is 8.93. The van der Waals surface area contributed by atoms with Crippen molar-refractivity contribution in [2.45, 2.75) is 4.90 Å². The Bertz CT molecular complexity index is 852. The molecule has 0 heterocycles. The van der Waals surface area contributed by atoms with E-state index < -0.39 is 49.6 Å². The summed E-state index contributed by atoms with van der Waals surface area (Å²) < 4.78 is 64.9. The molecule has 0 radical (unpaired) electrons. The third-order valence-electron chi connectivity index (χ3n) is 2.66. The first kappa shape index (κ1) is 15.8. The van der Waals surface area contributed by atoms with Crippen LogP contribution in [-0.2, 0) is 10.0 Å². The Morgan fingerprint density at radius 3 is 2.27 bits per heavy atom. The quantitative estimate of drug-likeness (QED) is 0.902. The van der Waals surface area contributed by atoms with Crippen molar-refractivity contribution in [2.75, 3.05) is 4.72 Å². The topological polar surface area (TPSA) is 83.5 Å². The summed E-state index contributed by atoms with van der Waals surface area (Å²) in [6.45, 7) is 0. The average Bonchev–Trinajstić information content (AvgIpc) is 2.43. The van der Waals surface area contributed by atoms with Gasteiger partial charge in [-0.05, 0) is 36.4 Å². The lowest BCUT2D eigenvalue weighted by molar-refractivity contribution is 0.0697. The standard InChI is InChI=1S/C13H8F3NO4S/c14-7-1-4-12(9(5-7)13(18)19)17-22(20,21)8-2-3-10(15)11(16)6-8/h1-6,17H,(H,18,19). The van der Waals surface area contributed by atoms with Gasteiger partial charge in [0.15, 0.2) is 11.6 Å². The number of anilines is 1. The number of carbonyl (C=O) groups is 1. The lowest BCUT2D eigenvalue weighted by Gasteiger charge is -2.11. The number of rotatable bonds is 4. The van der Waals surface area contributed by atoms with Crippen LogP contribution in [0.15, 0.2) is 41.3 Å². The molecule has 0 unspecified atom stereocenters. The summed E-state index contributed by atoms with van der Waals surface area (Å²) in [6.07, 6.45) is 0. The van der Waals surface area contributed by atoms with E-state index >= 15 is 0 Å². The van der Waals surface area contributed by atoms with E-state index in [1.54, 1.807) is 0 Å². The minimum atomic E-state index is -4.36. The highest BCUT2D eigenvalue weighted by Gasteiger charge is 2.20. The van der Waals surface area contributed by atoms with Gasteiger partial charge in [-0.2, -0.15) is 0 Å². The minimum Gasteiger partial charge on any atom is -0.478 e. The van der Waals surface area contributed by atoms with Crippen molar-refractivity contribution in [1.82, 2.24) is 0 Å². The maximum Gasteiger partial charge on any atom is 0.337 e. The molecule has 2 N–H and O–H groups in total. The molecular weight excluding hydrogens is 323 g/mol. The number of hydrogen-bond acceptors (Lipinski definition) is 3. The second-order valence-electron chi connectivity index (χ2n) is 4.18. The minimum absolute atomic E-state index is 0.404. The van der Waals surface area contributed by atoms with E-state index in [0.29, 0.717) is 18.2 Å². The molecule has 5 nitrogen and oxygen atoms in total. The summed E-state index contributed by atoms with van der Waals surface area (Å²) >= 11 is 0. The number of carboxylic acid groups (broad SMARTS) is 1. The highest BCUT2D eigenvalue weighted by atomic mass is 32.2. The van der Waals surface area contributed by atoms with Gasteiger partial charge in [0.25, 0.3) is 10.0 Å². The van der Waals surface area contributed by atoms with Crippen LogP contribution in [0.2, 0.25) is 0 Å². The Morgan fingerprint density at radius 1 is 1.00 bits per heavy atom. The fourth-order valence-corrected chi connectivity index (χ4v) is 2.72. The van der Waals surface area contributed by atoms with Gasteiger partial charge in [0.05, 0.1) is 16.1 Å². The molecule has 22 heavy (non-hydrogen) atoms. The maximum atomic E-state index is 13.1. The third-order valence-corrected chi connectivity index (χ3v) is 4.02. The van der Waals surface area contributed by atoms with Crippen LogP contribution in [0.25, 0.3) is 0 Å². The highest BCUT2D eigenvalue weighted by molar-refractivity contribution is 7.92. The van der Waals surface area contributed by atoms with E-state index in [4.69, 9.17) is 5.11 Å². The van der Waals surface area contributed by atoms with Crippen molar-refractivity contribution in [2.24, 2.45) is 0 Å². The van der Waals surface area contributed by atoms with Gasteiger partial charge in [0.1, 0.15) is 5.82 Å². The molecular formula is C13H8F3NO4S. The molecule has 0 bridgehead atoms. The number of nitrogens with one attached hydrogen (secondary N) is 1. The summed E-state index contributed by atoms with van der Waals surface area (Å²) in [5.41, 5.74) is -1.02. The first-order valence-electron chi connectivity index (χ1n) is 5.71. The zero-order valence-corrected chi connectivity index (χ0v) is 11.5. The van der Waals surface area contributed by atoms with Crippen molar-refractivity contribution >= 4 is 21.7 Å². The lowest BCUT2D eigenvalue weighted by atomic mass is 10.2. The van der Waals surface area contributed by atoms with E-state index in [-0.39, 0.29) is 0 Å². The number of halogens is 3. The van der Waals surface area contributed by atoms with Crippen molar-refractivity contribution < 1.29 is 31.5 Å². The van der Waals surface area contributed by atoms with Gasteiger partial charge in [-0.15, -0.1) is 0 Å². The van der Waals surface area contributed by atoms with E-state index in [0.717, 1.165) is 18.2 Å². The molecule has 0 aliphatic heterocycles. The predicted molar refractivity (Wildman–Crippen MR) is 70.5 cm³/mol. The molecule has 0 aromatic heterocycles. The summed E-state index contributed by atoms with van der Waals surface area (Å²) in [7, 11) is -4.36. The van der Waals surface area contributed by atoms with E-state index in [1.165, 1.54) is 0 Å². The molecule has 0 fully saturated rings. The smallest absolute Gasteiger partial charge is 0.337 e. The van der Waals surface area contributed by atoms with Gasteiger partial charge in [0.2, 0.25) is 0 Å². The molecule has 2 rings (SSSR count). The fraction of sp³-hybridized carbons (Fsp3) is 0. The van der Waals surface area contributed by atoms with Gasteiger partial charge in [-0.25, -0.2) is 26.4 Å². The Morgan fingerprint density at radius 2 is 1.68 bits per heavy atom. The van der Waals surface area contributed by atoms with Crippen LogP contribution in [0, 0.1) is 17.5 Å². The lowest BCUT2D eigenvalue weighted by Crippen LogP contribution is -2.16. The van der Waals surface area contributed by atoms with Gasteiger partial charge in [0, 0.05) is 0 Å². The summed E-state index contributed by atoms with van der Waals surface area (Å²) in [5.74, 6) is -5.02. The van der Waals surface area contributed by atoms with Crippen molar-refractivity contribution in [3.63, 3.8) is 0 Å². The Labute approximate surface area is 123 Å². The average molecular weight is 331 g/mol. The zero-order chi connectivity index (χ0) is 16.5. The molecule has 9 heteroatoms. The summed E-state index contributed by atoms with van der Waals surface area (Å²) in [6, 6.07) is 4.27. The largest absolute Gasteiger partial charge is 0.478 e.